The SMILES string of the molecule is CNCCn1nnc(-c2ccccc2Cl)n1. The van der Waals surface area contributed by atoms with Gasteiger partial charge in [-0.3, -0.25) is 0 Å². The Morgan fingerprint density at radius 1 is 1.38 bits per heavy atom. The van der Waals surface area contributed by atoms with Crippen LogP contribution in [0.3, 0.4) is 0 Å². The van der Waals surface area contributed by atoms with Gasteiger partial charge in [0.15, 0.2) is 0 Å². The molecule has 5 nitrogen and oxygen atoms in total. The molecule has 2 aromatic rings. The normalized spacial score (nSPS) is 10.6. The highest BCUT2D eigenvalue weighted by atomic mass is 35.5. The number of nitrogens with one attached hydrogen (secondary N) is 1. The first-order valence-electron chi connectivity index (χ1n) is 4.98. The number of likely N-dealkylation sites (N-methyl/N-ethyl adjacent to an activating group) is 1. The first-order chi connectivity index (χ1) is 7.81. The van der Waals surface area contributed by atoms with Gasteiger partial charge in [0.25, 0.3) is 0 Å². The van der Waals surface area contributed by atoms with Crippen LogP contribution in [0.15, 0.2) is 24.3 Å². The zero-order valence-corrected chi connectivity index (χ0v) is 9.65. The molecule has 0 radical (unpaired) electrons. The summed E-state index contributed by atoms with van der Waals surface area (Å²) in [5.74, 6) is 0.557. The van der Waals surface area contributed by atoms with Crippen LogP contribution in [0.2, 0.25) is 5.02 Å². The Kier molecular flexibility index (Phi) is 3.48. The van der Waals surface area contributed by atoms with E-state index in [0.29, 0.717) is 17.4 Å². The summed E-state index contributed by atoms with van der Waals surface area (Å²) in [5.41, 5.74) is 0.805. The molecular weight excluding hydrogens is 226 g/mol. The minimum atomic E-state index is 0.557. The van der Waals surface area contributed by atoms with Crippen LogP contribution >= 0.6 is 11.6 Å². The molecule has 0 amide bonds. The Bertz CT molecular complexity index is 468. The first-order valence-corrected chi connectivity index (χ1v) is 5.36. The van der Waals surface area contributed by atoms with Crippen LogP contribution in [-0.2, 0) is 6.54 Å². The van der Waals surface area contributed by atoms with E-state index in [1.165, 1.54) is 0 Å². The number of hydrogen-bond donors (Lipinski definition) is 1. The minimum absolute atomic E-state index is 0.557. The molecule has 1 aromatic carbocycles. The molecule has 6 heteroatoms. The summed E-state index contributed by atoms with van der Waals surface area (Å²) in [7, 11) is 1.88. The molecule has 0 saturated heterocycles. The standard InChI is InChI=1S/C10H12ClN5/c1-12-6-7-16-14-10(13-15-16)8-4-2-3-5-9(8)11/h2-5,12H,6-7H2,1H3. The smallest absolute Gasteiger partial charge is 0.206 e. The largest absolute Gasteiger partial charge is 0.318 e. The molecule has 0 fully saturated rings. The number of tetrazole rings is 1. The van der Waals surface area contributed by atoms with Gasteiger partial charge in [0.05, 0.1) is 11.6 Å². The second-order valence-electron chi connectivity index (χ2n) is 3.29. The second-order valence-corrected chi connectivity index (χ2v) is 3.70. The second kappa shape index (κ2) is 5.05. The molecule has 0 spiro atoms. The van der Waals surface area contributed by atoms with E-state index in [1.54, 1.807) is 4.80 Å². The van der Waals surface area contributed by atoms with Crippen LogP contribution in [0.1, 0.15) is 0 Å². The average Bonchev–Trinajstić information content (AvgIpc) is 2.75. The molecular formula is C10H12ClN5. The van der Waals surface area contributed by atoms with E-state index in [0.717, 1.165) is 12.1 Å². The van der Waals surface area contributed by atoms with E-state index in [4.69, 9.17) is 11.6 Å². The van der Waals surface area contributed by atoms with Crippen molar-refractivity contribution in [2.75, 3.05) is 13.6 Å². The predicted molar refractivity (Wildman–Crippen MR) is 62.2 cm³/mol. The van der Waals surface area contributed by atoms with Gasteiger partial charge < -0.3 is 5.32 Å². The van der Waals surface area contributed by atoms with Crippen molar-refractivity contribution in [3.05, 3.63) is 29.3 Å². The van der Waals surface area contributed by atoms with Gasteiger partial charge >= 0.3 is 0 Å². The van der Waals surface area contributed by atoms with Crippen LogP contribution in [0.5, 0.6) is 0 Å². The fourth-order valence-corrected chi connectivity index (χ4v) is 1.52. The molecule has 16 heavy (non-hydrogen) atoms. The molecule has 0 aliphatic carbocycles. The van der Waals surface area contributed by atoms with E-state index >= 15 is 0 Å². The van der Waals surface area contributed by atoms with E-state index in [-0.39, 0.29) is 0 Å². The van der Waals surface area contributed by atoms with Gasteiger partial charge in [0, 0.05) is 12.1 Å². The molecule has 0 unspecified atom stereocenters. The molecule has 2 rings (SSSR count). The molecule has 0 aliphatic rings. The Morgan fingerprint density at radius 2 is 2.19 bits per heavy atom. The van der Waals surface area contributed by atoms with Crippen molar-refractivity contribution in [1.29, 1.82) is 0 Å². The maximum absolute atomic E-state index is 6.04. The van der Waals surface area contributed by atoms with Gasteiger partial charge in [-0.05, 0) is 24.4 Å². The highest BCUT2D eigenvalue weighted by molar-refractivity contribution is 6.33. The molecule has 0 saturated carbocycles. The summed E-state index contributed by atoms with van der Waals surface area (Å²) in [6.45, 7) is 1.49. The highest BCUT2D eigenvalue weighted by Crippen LogP contribution is 2.23. The molecule has 0 bridgehead atoms. The van der Waals surface area contributed by atoms with Crippen molar-refractivity contribution < 1.29 is 0 Å². The number of aromatic nitrogens is 4. The monoisotopic (exact) mass is 237 g/mol. The number of halogens is 1. The summed E-state index contributed by atoms with van der Waals surface area (Å²) >= 11 is 6.04. The van der Waals surface area contributed by atoms with E-state index in [2.05, 4.69) is 20.7 Å². The highest BCUT2D eigenvalue weighted by Gasteiger charge is 2.08. The van der Waals surface area contributed by atoms with Gasteiger partial charge in [-0.1, -0.05) is 23.7 Å². The lowest BCUT2D eigenvalue weighted by atomic mass is 10.2. The summed E-state index contributed by atoms with van der Waals surface area (Å²) in [4.78, 5) is 1.55. The van der Waals surface area contributed by atoms with Gasteiger partial charge in [-0.2, -0.15) is 4.80 Å². The van der Waals surface area contributed by atoms with Crippen molar-refractivity contribution in [1.82, 2.24) is 25.5 Å². The Morgan fingerprint density at radius 3 is 2.94 bits per heavy atom. The molecule has 1 N–H and O–H groups in total. The maximum atomic E-state index is 6.04. The Balaban J connectivity index is 2.22. The summed E-state index contributed by atoms with van der Waals surface area (Å²) in [6, 6.07) is 7.46. The zero-order chi connectivity index (χ0) is 11.4. The van der Waals surface area contributed by atoms with Gasteiger partial charge in [-0.25, -0.2) is 0 Å². The van der Waals surface area contributed by atoms with Gasteiger partial charge in [0.1, 0.15) is 0 Å². The molecule has 0 aliphatic heterocycles. The maximum Gasteiger partial charge on any atom is 0.206 e. The number of benzene rings is 1. The molecule has 0 atom stereocenters. The molecule has 1 heterocycles. The van der Waals surface area contributed by atoms with Crippen molar-refractivity contribution in [2.45, 2.75) is 6.54 Å². The summed E-state index contributed by atoms with van der Waals surface area (Å²) < 4.78 is 0. The van der Waals surface area contributed by atoms with Crippen molar-refractivity contribution in [3.63, 3.8) is 0 Å². The molecule has 84 valence electrons. The lowest BCUT2D eigenvalue weighted by Crippen LogP contribution is -2.16. The fourth-order valence-electron chi connectivity index (χ4n) is 1.30. The third kappa shape index (κ3) is 2.37. The van der Waals surface area contributed by atoms with Crippen LogP contribution in [-0.4, -0.2) is 33.8 Å². The number of rotatable bonds is 4. The topological polar surface area (TPSA) is 55.6 Å². The number of hydrogen-bond acceptors (Lipinski definition) is 4. The first kappa shape index (κ1) is 11.0. The quantitative estimate of drug-likeness (QED) is 0.869. The Labute approximate surface area is 98.4 Å². The number of nitrogens with zero attached hydrogens (tertiary/aromatic N) is 4. The van der Waals surface area contributed by atoms with Crippen LogP contribution in [0, 0.1) is 0 Å². The van der Waals surface area contributed by atoms with Crippen molar-refractivity contribution in [2.24, 2.45) is 0 Å². The average molecular weight is 238 g/mol. The molecule has 1 aromatic heterocycles. The van der Waals surface area contributed by atoms with E-state index < -0.39 is 0 Å². The van der Waals surface area contributed by atoms with Crippen LogP contribution in [0.25, 0.3) is 11.4 Å². The van der Waals surface area contributed by atoms with Gasteiger partial charge in [-0.15, -0.1) is 10.2 Å². The Hall–Kier alpha value is -1.46. The van der Waals surface area contributed by atoms with Crippen molar-refractivity contribution >= 4 is 11.6 Å². The van der Waals surface area contributed by atoms with E-state index in [9.17, 15) is 0 Å². The van der Waals surface area contributed by atoms with Crippen LogP contribution < -0.4 is 5.32 Å². The zero-order valence-electron chi connectivity index (χ0n) is 8.89. The minimum Gasteiger partial charge on any atom is -0.318 e. The summed E-state index contributed by atoms with van der Waals surface area (Å²) in [6.07, 6.45) is 0. The fraction of sp³-hybridized carbons (Fsp3) is 0.300. The van der Waals surface area contributed by atoms with E-state index in [1.807, 2.05) is 31.3 Å². The third-order valence-electron chi connectivity index (χ3n) is 2.13. The predicted octanol–water partition coefficient (Wildman–Crippen LogP) is 1.21. The van der Waals surface area contributed by atoms with Crippen LogP contribution in [0.4, 0.5) is 0 Å². The third-order valence-corrected chi connectivity index (χ3v) is 2.46. The summed E-state index contributed by atoms with van der Waals surface area (Å²) in [5, 5.41) is 15.8. The lowest BCUT2D eigenvalue weighted by molar-refractivity contribution is 0.507. The lowest BCUT2D eigenvalue weighted by Gasteiger charge is -1.97. The van der Waals surface area contributed by atoms with Gasteiger partial charge in [0.2, 0.25) is 5.82 Å². The van der Waals surface area contributed by atoms with Crippen molar-refractivity contribution in [3.8, 4) is 11.4 Å².